The van der Waals surface area contributed by atoms with Crippen LogP contribution in [0.1, 0.15) is 207 Å². The molecule has 0 saturated carbocycles. The fourth-order valence-electron chi connectivity index (χ4n) is 5.96. The minimum atomic E-state index is -2.26. The number of allylic oxidation sites excluding steroid dienone is 4. The van der Waals surface area contributed by atoms with E-state index < -0.39 is 11.7 Å². The van der Waals surface area contributed by atoms with Crippen LogP contribution in [-0.2, 0) is 9.59 Å². The molecule has 0 spiro atoms. The fourth-order valence-corrected chi connectivity index (χ4v) is 5.96. The monoisotopic (exact) mass is 664 g/mol. The topological polar surface area (TPSA) is 111 Å². The van der Waals surface area contributed by atoms with E-state index in [2.05, 4.69) is 54.1 Å². The highest BCUT2D eigenvalue weighted by Gasteiger charge is 2.34. The van der Waals surface area contributed by atoms with Crippen LogP contribution in [0.5, 0.6) is 0 Å². The molecule has 0 bridgehead atoms. The molecule has 0 aromatic rings. The molecule has 2 amide bonds. The molecular formula is C40H77N3O4. The molecule has 0 aromatic carbocycles. The lowest BCUT2D eigenvalue weighted by atomic mass is 10.1. The van der Waals surface area contributed by atoms with Crippen molar-refractivity contribution >= 4 is 11.8 Å². The number of rotatable bonds is 34. The van der Waals surface area contributed by atoms with E-state index in [9.17, 15) is 19.8 Å². The van der Waals surface area contributed by atoms with Crippen LogP contribution in [-0.4, -0.2) is 33.7 Å². The van der Waals surface area contributed by atoms with Gasteiger partial charge in [0.2, 0.25) is 17.7 Å². The summed E-state index contributed by atoms with van der Waals surface area (Å²) in [7, 11) is 0. The summed E-state index contributed by atoms with van der Waals surface area (Å²) in [5.41, 5.74) is 0. The SMILES string of the molecule is CCCCCCCCC=CCCCCCCCC(=O)NC(C)(NC(=O)CCCCCCCC=CCCCCCCCC)NC(C)(O)O. The number of carbonyl (C=O) groups is 2. The molecule has 7 nitrogen and oxygen atoms in total. The maximum Gasteiger partial charge on any atom is 0.222 e. The Hall–Kier alpha value is -1.70. The van der Waals surface area contributed by atoms with Gasteiger partial charge >= 0.3 is 0 Å². The van der Waals surface area contributed by atoms with E-state index in [1.54, 1.807) is 6.92 Å². The molecule has 0 aromatic heterocycles. The van der Waals surface area contributed by atoms with E-state index in [-0.39, 0.29) is 11.8 Å². The summed E-state index contributed by atoms with van der Waals surface area (Å²) < 4.78 is 0. The molecule has 0 atom stereocenters. The molecule has 0 unspecified atom stereocenters. The van der Waals surface area contributed by atoms with E-state index in [1.807, 2.05) is 0 Å². The van der Waals surface area contributed by atoms with Gasteiger partial charge in [0.1, 0.15) is 0 Å². The van der Waals surface area contributed by atoms with Gasteiger partial charge in [-0.1, -0.05) is 141 Å². The van der Waals surface area contributed by atoms with Crippen LogP contribution in [0.3, 0.4) is 0 Å². The van der Waals surface area contributed by atoms with Crippen molar-refractivity contribution in [3.05, 3.63) is 24.3 Å². The number of nitrogens with one attached hydrogen (secondary N) is 3. The summed E-state index contributed by atoms with van der Waals surface area (Å²) >= 11 is 0. The summed E-state index contributed by atoms with van der Waals surface area (Å²) in [6.45, 7) is 7.22. The number of hydrogen-bond donors (Lipinski definition) is 5. The molecule has 0 aliphatic carbocycles. The molecule has 276 valence electrons. The molecule has 0 fully saturated rings. The third-order valence-electron chi connectivity index (χ3n) is 8.60. The molecule has 0 heterocycles. The minimum absolute atomic E-state index is 0.233. The van der Waals surface area contributed by atoms with Gasteiger partial charge in [-0.05, 0) is 71.1 Å². The van der Waals surface area contributed by atoms with Gasteiger partial charge in [-0.3, -0.25) is 9.59 Å². The van der Waals surface area contributed by atoms with Crippen LogP contribution in [0.15, 0.2) is 24.3 Å². The maximum atomic E-state index is 12.7. The van der Waals surface area contributed by atoms with Crippen LogP contribution in [0, 0.1) is 0 Å². The summed E-state index contributed by atoms with van der Waals surface area (Å²) in [5.74, 6) is -4.19. The summed E-state index contributed by atoms with van der Waals surface area (Å²) in [6, 6.07) is 0. The van der Waals surface area contributed by atoms with Crippen molar-refractivity contribution in [3.63, 3.8) is 0 Å². The molecule has 47 heavy (non-hydrogen) atoms. The first-order valence-electron chi connectivity index (χ1n) is 19.8. The first-order valence-corrected chi connectivity index (χ1v) is 19.8. The Labute approximate surface area is 290 Å². The third-order valence-corrected chi connectivity index (χ3v) is 8.60. The Bertz CT molecular complexity index is 737. The highest BCUT2D eigenvalue weighted by molar-refractivity contribution is 5.80. The zero-order chi connectivity index (χ0) is 34.9. The van der Waals surface area contributed by atoms with Gasteiger partial charge in [0.15, 0.2) is 5.79 Å². The van der Waals surface area contributed by atoms with Crippen LogP contribution in [0.25, 0.3) is 0 Å². The van der Waals surface area contributed by atoms with Crippen LogP contribution in [0.4, 0.5) is 0 Å². The summed E-state index contributed by atoms with van der Waals surface area (Å²) in [5, 5.41) is 28.0. The summed E-state index contributed by atoms with van der Waals surface area (Å²) in [6.07, 6.45) is 41.0. The zero-order valence-corrected chi connectivity index (χ0v) is 31.3. The van der Waals surface area contributed by atoms with Gasteiger partial charge in [-0.25, -0.2) is 5.32 Å². The fraction of sp³-hybridized carbons (Fsp3) is 0.850. The quantitative estimate of drug-likeness (QED) is 0.0267. The molecule has 0 aliphatic rings. The molecule has 5 N–H and O–H groups in total. The van der Waals surface area contributed by atoms with E-state index in [0.717, 1.165) is 71.1 Å². The van der Waals surface area contributed by atoms with Gasteiger partial charge in [0, 0.05) is 19.8 Å². The van der Waals surface area contributed by atoms with E-state index in [4.69, 9.17) is 0 Å². The van der Waals surface area contributed by atoms with Crippen LogP contribution in [0.2, 0.25) is 0 Å². The van der Waals surface area contributed by atoms with E-state index in [0.29, 0.717) is 12.8 Å². The van der Waals surface area contributed by atoms with Crippen molar-refractivity contribution in [2.75, 3.05) is 0 Å². The van der Waals surface area contributed by atoms with Gasteiger partial charge in [0.05, 0.1) is 0 Å². The molecule has 0 aliphatic heterocycles. The van der Waals surface area contributed by atoms with Gasteiger partial charge in [-0.2, -0.15) is 0 Å². The Morgan fingerprint density at radius 3 is 1.04 bits per heavy atom. The van der Waals surface area contributed by atoms with Gasteiger partial charge in [0.25, 0.3) is 0 Å². The molecule has 0 saturated heterocycles. The highest BCUT2D eigenvalue weighted by atomic mass is 16.5. The maximum absolute atomic E-state index is 12.7. The van der Waals surface area contributed by atoms with Crippen molar-refractivity contribution in [1.29, 1.82) is 0 Å². The summed E-state index contributed by atoms with van der Waals surface area (Å²) in [4.78, 5) is 25.4. The number of aliphatic hydroxyl groups is 2. The Kier molecular flexibility index (Phi) is 30.4. The largest absolute Gasteiger partial charge is 0.354 e. The molecular weight excluding hydrogens is 586 g/mol. The number of carbonyl (C=O) groups excluding carboxylic acids is 2. The molecule has 0 rings (SSSR count). The Balaban J connectivity index is 4.06. The Morgan fingerprint density at radius 1 is 0.468 bits per heavy atom. The second-order valence-corrected chi connectivity index (χ2v) is 14.0. The number of hydrogen-bond acceptors (Lipinski definition) is 5. The average molecular weight is 664 g/mol. The predicted octanol–water partition coefficient (Wildman–Crippen LogP) is 10.2. The lowest BCUT2D eigenvalue weighted by molar-refractivity contribution is -0.191. The first kappa shape index (κ1) is 45.3. The standard InChI is InChI=1S/C40H77N3O4/c1-5-7-9-11-13-15-17-19-21-23-25-27-29-31-33-35-37(44)41-39(3,43-40(4,46)47)42-38(45)36-34-32-30-28-26-24-22-20-18-16-14-12-10-8-6-2/h19-22,43,46-47H,5-18,23-36H2,1-4H3,(H,41,44)(H,42,45). The van der Waals surface area contributed by atoms with Crippen molar-refractivity contribution in [1.82, 2.24) is 16.0 Å². The van der Waals surface area contributed by atoms with Crippen molar-refractivity contribution in [2.45, 2.75) is 219 Å². The molecule has 7 heteroatoms. The first-order chi connectivity index (χ1) is 22.6. The lowest BCUT2D eigenvalue weighted by Crippen LogP contribution is -2.71. The number of unbranched alkanes of at least 4 members (excludes halogenated alkanes) is 22. The third kappa shape index (κ3) is 34.0. The van der Waals surface area contributed by atoms with E-state index >= 15 is 0 Å². The average Bonchev–Trinajstić information content (AvgIpc) is 2.99. The number of amides is 2. The van der Waals surface area contributed by atoms with Gasteiger partial charge < -0.3 is 20.8 Å². The zero-order valence-electron chi connectivity index (χ0n) is 31.3. The van der Waals surface area contributed by atoms with Crippen LogP contribution >= 0.6 is 0 Å². The van der Waals surface area contributed by atoms with Crippen molar-refractivity contribution in [3.8, 4) is 0 Å². The lowest BCUT2D eigenvalue weighted by Gasteiger charge is -2.37. The normalized spacial score (nSPS) is 13.4. The van der Waals surface area contributed by atoms with Crippen LogP contribution < -0.4 is 16.0 Å². The van der Waals surface area contributed by atoms with Crippen molar-refractivity contribution in [2.24, 2.45) is 0 Å². The second kappa shape index (κ2) is 31.6. The minimum Gasteiger partial charge on any atom is -0.354 e. The van der Waals surface area contributed by atoms with Gasteiger partial charge in [-0.15, -0.1) is 0 Å². The Morgan fingerprint density at radius 2 is 0.745 bits per heavy atom. The van der Waals surface area contributed by atoms with Crippen molar-refractivity contribution < 1.29 is 19.8 Å². The predicted molar refractivity (Wildman–Crippen MR) is 200 cm³/mol. The smallest absolute Gasteiger partial charge is 0.222 e. The second-order valence-electron chi connectivity index (χ2n) is 14.0. The van der Waals surface area contributed by atoms with E-state index in [1.165, 1.54) is 103 Å². The highest BCUT2D eigenvalue weighted by Crippen LogP contribution is 2.13. The molecule has 0 radical (unpaired) electrons.